The first kappa shape index (κ1) is 21.0. The van der Waals surface area contributed by atoms with Gasteiger partial charge in [0.25, 0.3) is 0 Å². The quantitative estimate of drug-likeness (QED) is 0.702. The van der Waals surface area contributed by atoms with Crippen LogP contribution in [0.15, 0.2) is 42.5 Å². The van der Waals surface area contributed by atoms with Crippen LogP contribution in [0, 0.1) is 0 Å². The Balaban J connectivity index is 1.96. The molecule has 0 bridgehead atoms. The molecule has 8 heteroatoms. The van der Waals surface area contributed by atoms with Crippen LogP contribution in [0.2, 0.25) is 10.0 Å². The van der Waals surface area contributed by atoms with E-state index in [9.17, 15) is 13.2 Å². The van der Waals surface area contributed by atoms with Gasteiger partial charge in [-0.25, -0.2) is 8.42 Å². The molecule has 150 valence electrons. The van der Waals surface area contributed by atoms with Gasteiger partial charge in [0.1, 0.15) is 6.04 Å². The van der Waals surface area contributed by atoms with Crippen molar-refractivity contribution in [1.29, 1.82) is 0 Å². The van der Waals surface area contributed by atoms with E-state index in [-0.39, 0.29) is 11.6 Å². The minimum Gasteiger partial charge on any atom is -0.336 e. The van der Waals surface area contributed by atoms with Crippen LogP contribution in [0.3, 0.4) is 0 Å². The van der Waals surface area contributed by atoms with Crippen molar-refractivity contribution in [3.05, 3.63) is 63.6 Å². The Kier molecular flexibility index (Phi) is 6.22. The second-order valence-corrected chi connectivity index (χ2v) is 9.62. The van der Waals surface area contributed by atoms with Crippen LogP contribution in [0.4, 0.5) is 5.69 Å². The molecular formula is C20H22Cl2N2O3S. The Morgan fingerprint density at radius 3 is 2.32 bits per heavy atom. The van der Waals surface area contributed by atoms with Gasteiger partial charge in [0.15, 0.2) is 0 Å². The third-order valence-corrected chi connectivity index (χ3v) is 6.47. The lowest BCUT2D eigenvalue weighted by Gasteiger charge is -2.36. The largest absolute Gasteiger partial charge is 0.336 e. The van der Waals surface area contributed by atoms with Crippen LogP contribution in [-0.2, 0) is 27.8 Å². The first-order chi connectivity index (χ1) is 13.2. The molecule has 0 unspecified atom stereocenters. The molecular weight excluding hydrogens is 419 g/mol. The number of carbonyl (C=O) groups excluding carboxylic acids is 1. The minimum atomic E-state index is -3.74. The number of benzene rings is 2. The molecule has 2 aromatic carbocycles. The smallest absolute Gasteiger partial charge is 0.246 e. The van der Waals surface area contributed by atoms with Gasteiger partial charge in [-0.1, -0.05) is 54.4 Å². The van der Waals surface area contributed by atoms with Gasteiger partial charge in [-0.05, 0) is 42.2 Å². The lowest BCUT2D eigenvalue weighted by atomic mass is 9.99. The monoisotopic (exact) mass is 440 g/mol. The highest BCUT2D eigenvalue weighted by Gasteiger charge is 2.35. The zero-order chi connectivity index (χ0) is 20.5. The fourth-order valence-corrected chi connectivity index (χ4v) is 5.31. The van der Waals surface area contributed by atoms with Gasteiger partial charge in [0.05, 0.1) is 11.9 Å². The molecule has 1 atom stereocenters. The highest BCUT2D eigenvalue weighted by molar-refractivity contribution is 7.92. The van der Waals surface area contributed by atoms with Gasteiger partial charge in [0.2, 0.25) is 15.9 Å². The molecule has 1 amide bonds. The number of anilines is 1. The summed E-state index contributed by atoms with van der Waals surface area (Å²) in [6, 6.07) is 11.7. The van der Waals surface area contributed by atoms with E-state index >= 15 is 0 Å². The number of halogens is 2. The second kappa shape index (κ2) is 8.31. The van der Waals surface area contributed by atoms with E-state index in [0.29, 0.717) is 29.6 Å². The lowest BCUT2D eigenvalue weighted by molar-refractivity contribution is -0.133. The number of hydrogen-bond donors (Lipinski definition) is 0. The average molecular weight is 441 g/mol. The molecule has 1 aliphatic heterocycles. The molecule has 2 aromatic rings. The Hall–Kier alpha value is -1.76. The standard InChI is InChI=1S/C20H22Cl2N2O3S/c1-3-19(20(25)23-9-8-14-6-4-5-7-15(14)13-23)24(28(2,26)27)18-11-16(21)10-17(22)12-18/h4-7,10-12,19H,3,8-9,13H2,1-2H3/t19-/m1/s1. The number of fused-ring (bicyclic) bond motifs is 1. The zero-order valence-electron chi connectivity index (χ0n) is 15.7. The molecule has 0 saturated heterocycles. The van der Waals surface area contributed by atoms with Crippen molar-refractivity contribution < 1.29 is 13.2 Å². The average Bonchev–Trinajstić information content (AvgIpc) is 2.63. The summed E-state index contributed by atoms with van der Waals surface area (Å²) < 4.78 is 26.4. The summed E-state index contributed by atoms with van der Waals surface area (Å²) >= 11 is 12.2. The molecule has 0 N–H and O–H groups in total. The molecule has 0 spiro atoms. The normalized spacial score (nSPS) is 15.1. The third-order valence-electron chi connectivity index (χ3n) is 4.86. The van der Waals surface area contributed by atoms with Crippen molar-refractivity contribution in [2.75, 3.05) is 17.1 Å². The number of rotatable bonds is 5. The van der Waals surface area contributed by atoms with Crippen LogP contribution >= 0.6 is 23.2 Å². The molecule has 1 aliphatic rings. The predicted octanol–water partition coefficient (Wildman–Crippen LogP) is 4.12. The Morgan fingerprint density at radius 1 is 1.14 bits per heavy atom. The van der Waals surface area contributed by atoms with Gasteiger partial charge in [0, 0.05) is 23.1 Å². The van der Waals surface area contributed by atoms with Gasteiger partial charge in [-0.2, -0.15) is 0 Å². The van der Waals surface area contributed by atoms with Crippen LogP contribution in [0.5, 0.6) is 0 Å². The molecule has 28 heavy (non-hydrogen) atoms. The molecule has 1 heterocycles. The topological polar surface area (TPSA) is 57.7 Å². The zero-order valence-corrected chi connectivity index (χ0v) is 18.1. The molecule has 0 aromatic heterocycles. The molecule has 3 rings (SSSR count). The maximum atomic E-state index is 13.3. The van der Waals surface area contributed by atoms with E-state index in [0.717, 1.165) is 22.5 Å². The van der Waals surface area contributed by atoms with Gasteiger partial charge >= 0.3 is 0 Å². The van der Waals surface area contributed by atoms with Gasteiger partial charge in [-0.15, -0.1) is 0 Å². The highest BCUT2D eigenvalue weighted by atomic mass is 35.5. The molecule has 0 aliphatic carbocycles. The minimum absolute atomic E-state index is 0.224. The van der Waals surface area contributed by atoms with Gasteiger partial charge in [-0.3, -0.25) is 9.10 Å². The van der Waals surface area contributed by atoms with Gasteiger partial charge < -0.3 is 4.90 Å². The lowest BCUT2D eigenvalue weighted by Crippen LogP contribution is -2.51. The van der Waals surface area contributed by atoms with Crippen LogP contribution in [-0.4, -0.2) is 38.1 Å². The van der Waals surface area contributed by atoms with Crippen molar-refractivity contribution in [2.45, 2.75) is 32.4 Å². The van der Waals surface area contributed by atoms with E-state index in [1.807, 2.05) is 18.2 Å². The predicted molar refractivity (Wildman–Crippen MR) is 113 cm³/mol. The van der Waals surface area contributed by atoms with Crippen LogP contribution in [0.25, 0.3) is 0 Å². The van der Waals surface area contributed by atoms with Crippen LogP contribution in [0.1, 0.15) is 24.5 Å². The van der Waals surface area contributed by atoms with Crippen LogP contribution < -0.4 is 4.31 Å². The van der Waals surface area contributed by atoms with E-state index in [1.54, 1.807) is 11.8 Å². The van der Waals surface area contributed by atoms with E-state index < -0.39 is 16.1 Å². The summed E-state index contributed by atoms with van der Waals surface area (Å²) in [5.74, 6) is -0.224. The SMILES string of the molecule is CC[C@H](C(=O)N1CCc2ccccc2C1)N(c1cc(Cl)cc(Cl)c1)S(C)(=O)=O. The summed E-state index contributed by atoms with van der Waals surface area (Å²) in [5, 5.41) is 0.621. The van der Waals surface area contributed by atoms with Crippen molar-refractivity contribution in [2.24, 2.45) is 0 Å². The Labute approximate surface area is 175 Å². The second-order valence-electron chi connectivity index (χ2n) is 6.89. The third kappa shape index (κ3) is 4.45. The number of nitrogens with zero attached hydrogens (tertiary/aromatic N) is 2. The molecule has 0 saturated carbocycles. The number of carbonyl (C=O) groups is 1. The van der Waals surface area contributed by atoms with Crippen molar-refractivity contribution >= 4 is 44.8 Å². The van der Waals surface area contributed by atoms with E-state index in [4.69, 9.17) is 23.2 Å². The van der Waals surface area contributed by atoms with E-state index in [2.05, 4.69) is 6.07 Å². The summed E-state index contributed by atoms with van der Waals surface area (Å²) in [6.07, 6.45) is 2.16. The summed E-state index contributed by atoms with van der Waals surface area (Å²) in [7, 11) is -3.74. The molecule has 0 radical (unpaired) electrons. The first-order valence-electron chi connectivity index (χ1n) is 9.01. The fraction of sp³-hybridized carbons (Fsp3) is 0.350. The maximum Gasteiger partial charge on any atom is 0.246 e. The summed E-state index contributed by atoms with van der Waals surface area (Å²) in [5.41, 5.74) is 2.60. The number of hydrogen-bond acceptors (Lipinski definition) is 3. The number of sulfonamides is 1. The highest BCUT2D eigenvalue weighted by Crippen LogP contribution is 2.30. The molecule has 5 nitrogen and oxygen atoms in total. The van der Waals surface area contributed by atoms with E-state index in [1.165, 1.54) is 23.8 Å². The Bertz CT molecular complexity index is 974. The fourth-order valence-electron chi connectivity index (χ4n) is 3.60. The Morgan fingerprint density at radius 2 is 1.75 bits per heavy atom. The maximum absolute atomic E-state index is 13.3. The molecule has 0 fully saturated rings. The van der Waals surface area contributed by atoms with Crippen molar-refractivity contribution in [3.63, 3.8) is 0 Å². The van der Waals surface area contributed by atoms with Crippen molar-refractivity contribution in [1.82, 2.24) is 4.90 Å². The first-order valence-corrected chi connectivity index (χ1v) is 11.6. The summed E-state index contributed by atoms with van der Waals surface area (Å²) in [4.78, 5) is 15.0. The van der Waals surface area contributed by atoms with Crippen molar-refractivity contribution in [3.8, 4) is 0 Å². The number of amides is 1. The summed E-state index contributed by atoms with van der Waals surface area (Å²) in [6.45, 7) is 2.82.